The van der Waals surface area contributed by atoms with Crippen LogP contribution in [0.25, 0.3) is 0 Å². The van der Waals surface area contributed by atoms with Crippen molar-refractivity contribution in [2.24, 2.45) is 11.3 Å². The van der Waals surface area contributed by atoms with Crippen LogP contribution in [0, 0.1) is 11.3 Å². The van der Waals surface area contributed by atoms with Crippen LogP contribution in [0.5, 0.6) is 0 Å². The summed E-state index contributed by atoms with van der Waals surface area (Å²) < 4.78 is 0. The summed E-state index contributed by atoms with van der Waals surface area (Å²) >= 11 is 1.97. The molecule has 0 spiro atoms. The lowest BCUT2D eigenvalue weighted by molar-refractivity contribution is 0.109. The minimum atomic E-state index is 0.480. The van der Waals surface area contributed by atoms with Crippen molar-refractivity contribution in [3.05, 3.63) is 21.9 Å². The predicted molar refractivity (Wildman–Crippen MR) is 89.2 cm³/mol. The molecule has 2 rings (SSSR count). The molecule has 114 valence electrons. The van der Waals surface area contributed by atoms with Crippen molar-refractivity contribution in [3.63, 3.8) is 0 Å². The number of nitrogens with zero attached hydrogens (tertiary/aromatic N) is 1. The summed E-state index contributed by atoms with van der Waals surface area (Å²) in [6, 6.07) is 4.59. The fraction of sp³-hybridized carbons (Fsp3) is 0.765. The summed E-state index contributed by atoms with van der Waals surface area (Å²) in [6.07, 6.45) is 2.72. The van der Waals surface area contributed by atoms with Crippen molar-refractivity contribution in [2.75, 3.05) is 19.6 Å². The fourth-order valence-electron chi connectivity index (χ4n) is 3.03. The van der Waals surface area contributed by atoms with Gasteiger partial charge in [0.25, 0.3) is 0 Å². The first kappa shape index (κ1) is 16.0. The molecular formula is C17H30N2S. The van der Waals surface area contributed by atoms with E-state index in [1.54, 1.807) is 0 Å². The highest BCUT2D eigenvalue weighted by Gasteiger charge is 2.28. The SMILES string of the molecule is CCNCc1ccc(CN2CCC(C(C)(C)C)CC2)s1. The standard InChI is InChI=1S/C17H30N2S/c1-5-18-12-15-6-7-16(20-15)13-19-10-8-14(9-11-19)17(2,3)4/h6-7,14,18H,5,8-13H2,1-4H3. The van der Waals surface area contributed by atoms with Gasteiger partial charge in [-0.25, -0.2) is 0 Å². The predicted octanol–water partition coefficient (Wildman–Crippen LogP) is 4.12. The zero-order valence-corrected chi connectivity index (χ0v) is 14.4. The molecule has 0 unspecified atom stereocenters. The second-order valence-electron chi connectivity index (χ2n) is 7.06. The Morgan fingerprint density at radius 2 is 1.85 bits per heavy atom. The Balaban J connectivity index is 1.79. The van der Waals surface area contributed by atoms with Gasteiger partial charge in [0.15, 0.2) is 0 Å². The topological polar surface area (TPSA) is 15.3 Å². The van der Waals surface area contributed by atoms with Gasteiger partial charge in [-0.2, -0.15) is 0 Å². The van der Waals surface area contributed by atoms with E-state index in [9.17, 15) is 0 Å². The monoisotopic (exact) mass is 294 g/mol. The summed E-state index contributed by atoms with van der Waals surface area (Å²) in [4.78, 5) is 5.61. The lowest BCUT2D eigenvalue weighted by Gasteiger charge is -2.38. The number of hydrogen-bond donors (Lipinski definition) is 1. The van der Waals surface area contributed by atoms with Crippen molar-refractivity contribution in [1.82, 2.24) is 10.2 Å². The molecule has 0 aliphatic carbocycles. The van der Waals surface area contributed by atoms with Crippen LogP contribution in [0.1, 0.15) is 50.3 Å². The van der Waals surface area contributed by atoms with Gasteiger partial charge in [-0.05, 0) is 55.9 Å². The van der Waals surface area contributed by atoms with E-state index in [0.717, 1.165) is 25.6 Å². The summed E-state index contributed by atoms with van der Waals surface area (Å²) in [6.45, 7) is 15.1. The molecule has 0 atom stereocenters. The normalized spacial score (nSPS) is 18.6. The third-order valence-electron chi connectivity index (χ3n) is 4.46. The minimum Gasteiger partial charge on any atom is -0.312 e. The molecule has 0 saturated carbocycles. The second kappa shape index (κ2) is 7.06. The third kappa shape index (κ3) is 4.57. The van der Waals surface area contributed by atoms with Crippen LogP contribution in [0.15, 0.2) is 12.1 Å². The quantitative estimate of drug-likeness (QED) is 0.879. The Bertz CT molecular complexity index is 397. The van der Waals surface area contributed by atoms with Crippen LogP contribution in [-0.2, 0) is 13.1 Å². The first-order chi connectivity index (χ1) is 9.49. The van der Waals surface area contributed by atoms with E-state index in [1.165, 1.54) is 35.7 Å². The van der Waals surface area contributed by atoms with Crippen molar-refractivity contribution in [3.8, 4) is 0 Å². The number of nitrogens with one attached hydrogen (secondary N) is 1. The van der Waals surface area contributed by atoms with Crippen molar-refractivity contribution in [1.29, 1.82) is 0 Å². The summed E-state index contributed by atoms with van der Waals surface area (Å²) in [5, 5.41) is 3.40. The van der Waals surface area contributed by atoms with Gasteiger partial charge in [-0.15, -0.1) is 11.3 Å². The average molecular weight is 295 g/mol. The van der Waals surface area contributed by atoms with Gasteiger partial charge in [0.05, 0.1) is 0 Å². The van der Waals surface area contributed by atoms with E-state index >= 15 is 0 Å². The molecule has 1 aromatic heterocycles. The molecular weight excluding hydrogens is 264 g/mol. The van der Waals surface area contributed by atoms with Crippen LogP contribution in [0.2, 0.25) is 0 Å². The van der Waals surface area contributed by atoms with E-state index in [-0.39, 0.29) is 0 Å². The average Bonchev–Trinajstić information content (AvgIpc) is 2.83. The highest BCUT2D eigenvalue weighted by molar-refractivity contribution is 7.11. The van der Waals surface area contributed by atoms with E-state index in [4.69, 9.17) is 0 Å². The highest BCUT2D eigenvalue weighted by Crippen LogP contribution is 2.34. The third-order valence-corrected chi connectivity index (χ3v) is 5.53. The molecule has 2 heterocycles. The summed E-state index contributed by atoms with van der Waals surface area (Å²) in [7, 11) is 0. The Hall–Kier alpha value is -0.380. The Morgan fingerprint density at radius 3 is 2.45 bits per heavy atom. The Morgan fingerprint density at radius 1 is 1.20 bits per heavy atom. The maximum absolute atomic E-state index is 3.40. The zero-order valence-electron chi connectivity index (χ0n) is 13.5. The van der Waals surface area contributed by atoms with Crippen LogP contribution in [0.3, 0.4) is 0 Å². The Kier molecular flexibility index (Phi) is 5.65. The van der Waals surface area contributed by atoms with Gasteiger partial charge in [0, 0.05) is 22.8 Å². The van der Waals surface area contributed by atoms with Crippen LogP contribution in [-0.4, -0.2) is 24.5 Å². The summed E-state index contributed by atoms with van der Waals surface area (Å²) in [5.41, 5.74) is 0.480. The molecule has 0 radical (unpaired) electrons. The number of rotatable bonds is 5. The van der Waals surface area contributed by atoms with Crippen LogP contribution < -0.4 is 5.32 Å². The molecule has 0 bridgehead atoms. The number of thiophene rings is 1. The molecule has 3 heteroatoms. The number of hydrogen-bond acceptors (Lipinski definition) is 3. The maximum atomic E-state index is 3.40. The molecule has 1 fully saturated rings. The van der Waals surface area contributed by atoms with Gasteiger partial charge < -0.3 is 5.32 Å². The van der Waals surface area contributed by atoms with Crippen LogP contribution in [0.4, 0.5) is 0 Å². The molecule has 20 heavy (non-hydrogen) atoms. The van der Waals surface area contributed by atoms with Gasteiger partial charge in [0.2, 0.25) is 0 Å². The second-order valence-corrected chi connectivity index (χ2v) is 8.32. The first-order valence-corrected chi connectivity index (χ1v) is 8.81. The van der Waals surface area contributed by atoms with Crippen molar-refractivity contribution < 1.29 is 0 Å². The largest absolute Gasteiger partial charge is 0.312 e. The molecule has 1 N–H and O–H groups in total. The van der Waals surface area contributed by atoms with Gasteiger partial charge in [-0.3, -0.25) is 4.90 Å². The smallest absolute Gasteiger partial charge is 0.0328 e. The summed E-state index contributed by atoms with van der Waals surface area (Å²) in [5.74, 6) is 0.895. The van der Waals surface area contributed by atoms with Crippen molar-refractivity contribution in [2.45, 2.75) is 53.6 Å². The fourth-order valence-corrected chi connectivity index (χ4v) is 4.06. The Labute approximate surface area is 128 Å². The number of piperidine rings is 1. The molecule has 2 nitrogen and oxygen atoms in total. The van der Waals surface area contributed by atoms with E-state index in [0.29, 0.717) is 5.41 Å². The first-order valence-electron chi connectivity index (χ1n) is 7.99. The van der Waals surface area contributed by atoms with E-state index in [1.807, 2.05) is 11.3 Å². The molecule has 1 aromatic rings. The van der Waals surface area contributed by atoms with Crippen molar-refractivity contribution >= 4 is 11.3 Å². The van der Waals surface area contributed by atoms with E-state index < -0.39 is 0 Å². The highest BCUT2D eigenvalue weighted by atomic mass is 32.1. The zero-order chi connectivity index (χ0) is 14.6. The van der Waals surface area contributed by atoms with Crippen LogP contribution >= 0.6 is 11.3 Å². The van der Waals surface area contributed by atoms with Gasteiger partial charge >= 0.3 is 0 Å². The molecule has 1 aliphatic heterocycles. The molecule has 0 amide bonds. The lowest BCUT2D eigenvalue weighted by atomic mass is 9.75. The van der Waals surface area contributed by atoms with E-state index in [2.05, 4.69) is 50.0 Å². The molecule has 1 aliphatic rings. The lowest BCUT2D eigenvalue weighted by Crippen LogP contribution is -2.37. The number of likely N-dealkylation sites (tertiary alicyclic amines) is 1. The maximum Gasteiger partial charge on any atom is 0.0328 e. The minimum absolute atomic E-state index is 0.480. The van der Waals surface area contributed by atoms with Gasteiger partial charge in [-0.1, -0.05) is 27.7 Å². The molecule has 1 saturated heterocycles. The molecule has 0 aromatic carbocycles. The van der Waals surface area contributed by atoms with Gasteiger partial charge in [0.1, 0.15) is 0 Å².